The number of hydrogen-bond donors (Lipinski definition) is 0. The fourth-order valence-corrected chi connectivity index (χ4v) is 3.55. The van der Waals surface area contributed by atoms with Crippen molar-refractivity contribution in [2.24, 2.45) is 0 Å². The molecule has 3 aromatic rings. The molecule has 1 saturated heterocycles. The Labute approximate surface area is 143 Å². The summed E-state index contributed by atoms with van der Waals surface area (Å²) in [6.45, 7) is 3.82. The van der Waals surface area contributed by atoms with Gasteiger partial charge in [-0.05, 0) is 5.56 Å². The van der Waals surface area contributed by atoms with Crippen LogP contribution in [0.25, 0.3) is 0 Å². The predicted octanol–water partition coefficient (Wildman–Crippen LogP) is 2.40. The van der Waals surface area contributed by atoms with Crippen LogP contribution in [0.2, 0.25) is 0 Å². The van der Waals surface area contributed by atoms with Gasteiger partial charge in [0.15, 0.2) is 0 Å². The standard InChI is InChI=1S/C16H17N5O2S/c1-11-17-15(20-23-11)13-10-21(7-8-22-13)16-19-18-14(24-16)9-12-5-3-2-4-6-12/h2-6,13H,7-10H2,1H3. The smallest absolute Gasteiger partial charge is 0.223 e. The molecule has 1 aliphatic heterocycles. The maximum Gasteiger partial charge on any atom is 0.223 e. The van der Waals surface area contributed by atoms with Gasteiger partial charge in [0.1, 0.15) is 11.1 Å². The summed E-state index contributed by atoms with van der Waals surface area (Å²) in [4.78, 5) is 6.43. The molecule has 0 amide bonds. The summed E-state index contributed by atoms with van der Waals surface area (Å²) >= 11 is 1.62. The van der Waals surface area contributed by atoms with Crippen molar-refractivity contribution in [1.82, 2.24) is 20.3 Å². The summed E-state index contributed by atoms with van der Waals surface area (Å²) < 4.78 is 10.8. The van der Waals surface area contributed by atoms with E-state index in [0.29, 0.717) is 24.9 Å². The van der Waals surface area contributed by atoms with Crippen molar-refractivity contribution in [3.8, 4) is 0 Å². The number of aromatic nitrogens is 4. The number of nitrogens with zero attached hydrogens (tertiary/aromatic N) is 5. The number of aryl methyl sites for hydroxylation is 1. The molecule has 1 aromatic carbocycles. The average molecular weight is 343 g/mol. The van der Waals surface area contributed by atoms with E-state index in [1.54, 1.807) is 18.3 Å². The summed E-state index contributed by atoms with van der Waals surface area (Å²) in [7, 11) is 0. The van der Waals surface area contributed by atoms with Crippen LogP contribution in [0.4, 0.5) is 5.13 Å². The minimum atomic E-state index is -0.197. The number of benzene rings is 1. The molecule has 3 heterocycles. The highest BCUT2D eigenvalue weighted by atomic mass is 32.1. The Balaban J connectivity index is 1.46. The van der Waals surface area contributed by atoms with Crippen LogP contribution < -0.4 is 4.90 Å². The van der Waals surface area contributed by atoms with Crippen molar-refractivity contribution in [3.63, 3.8) is 0 Å². The van der Waals surface area contributed by atoms with E-state index in [0.717, 1.165) is 23.1 Å². The molecule has 1 unspecified atom stereocenters. The normalized spacial score (nSPS) is 18.0. The Morgan fingerprint density at radius 1 is 1.25 bits per heavy atom. The number of anilines is 1. The molecule has 0 radical (unpaired) electrons. The Kier molecular flexibility index (Phi) is 4.22. The minimum Gasteiger partial charge on any atom is -0.366 e. The first-order valence-corrected chi connectivity index (χ1v) is 8.62. The first-order valence-electron chi connectivity index (χ1n) is 7.81. The van der Waals surface area contributed by atoms with E-state index >= 15 is 0 Å². The fraction of sp³-hybridized carbons (Fsp3) is 0.375. The van der Waals surface area contributed by atoms with Crippen LogP contribution >= 0.6 is 11.3 Å². The molecule has 24 heavy (non-hydrogen) atoms. The molecule has 1 atom stereocenters. The molecule has 0 bridgehead atoms. The van der Waals surface area contributed by atoms with Crippen molar-refractivity contribution >= 4 is 16.5 Å². The van der Waals surface area contributed by atoms with E-state index in [2.05, 4.69) is 37.4 Å². The topological polar surface area (TPSA) is 77.2 Å². The van der Waals surface area contributed by atoms with Crippen LogP contribution in [0, 0.1) is 6.92 Å². The number of morpholine rings is 1. The maximum atomic E-state index is 5.76. The van der Waals surface area contributed by atoms with Crippen LogP contribution in [0.5, 0.6) is 0 Å². The summed E-state index contributed by atoms with van der Waals surface area (Å²) in [6, 6.07) is 10.3. The zero-order valence-electron chi connectivity index (χ0n) is 13.3. The highest BCUT2D eigenvalue weighted by Gasteiger charge is 2.27. The zero-order chi connectivity index (χ0) is 16.4. The van der Waals surface area contributed by atoms with Crippen LogP contribution in [0.1, 0.15) is 28.4 Å². The second-order valence-corrected chi connectivity index (χ2v) is 6.66. The molecule has 124 valence electrons. The summed E-state index contributed by atoms with van der Waals surface area (Å²) in [5.41, 5.74) is 1.24. The highest BCUT2D eigenvalue weighted by Crippen LogP contribution is 2.27. The Morgan fingerprint density at radius 3 is 2.92 bits per heavy atom. The Morgan fingerprint density at radius 2 is 2.12 bits per heavy atom. The van der Waals surface area contributed by atoms with Gasteiger partial charge in [-0.2, -0.15) is 4.98 Å². The summed E-state index contributed by atoms with van der Waals surface area (Å²) in [6.07, 6.45) is 0.605. The van der Waals surface area contributed by atoms with Gasteiger partial charge >= 0.3 is 0 Å². The number of ether oxygens (including phenoxy) is 1. The van der Waals surface area contributed by atoms with Crippen molar-refractivity contribution in [2.45, 2.75) is 19.4 Å². The molecule has 4 rings (SSSR count). The number of rotatable bonds is 4. The highest BCUT2D eigenvalue weighted by molar-refractivity contribution is 7.15. The van der Waals surface area contributed by atoms with Gasteiger partial charge in [0.05, 0.1) is 13.2 Å². The Hall–Kier alpha value is -2.32. The minimum absolute atomic E-state index is 0.197. The van der Waals surface area contributed by atoms with E-state index < -0.39 is 0 Å². The van der Waals surface area contributed by atoms with Crippen LogP contribution in [0.3, 0.4) is 0 Å². The monoisotopic (exact) mass is 343 g/mol. The van der Waals surface area contributed by atoms with Gasteiger partial charge in [-0.3, -0.25) is 0 Å². The van der Waals surface area contributed by atoms with E-state index in [9.17, 15) is 0 Å². The molecule has 1 fully saturated rings. The molecule has 2 aromatic heterocycles. The SMILES string of the molecule is Cc1nc(C2CN(c3nnc(Cc4ccccc4)s3)CCO2)no1. The lowest BCUT2D eigenvalue weighted by atomic mass is 10.2. The van der Waals surface area contributed by atoms with E-state index in [1.807, 2.05) is 18.2 Å². The fourth-order valence-electron chi connectivity index (χ4n) is 2.64. The maximum absolute atomic E-state index is 5.76. The average Bonchev–Trinajstić information content (AvgIpc) is 3.25. The van der Waals surface area contributed by atoms with Gasteiger partial charge in [-0.1, -0.05) is 46.8 Å². The molecule has 0 spiro atoms. The summed E-state index contributed by atoms with van der Waals surface area (Å²) in [5.74, 6) is 1.14. The van der Waals surface area contributed by atoms with Crippen LogP contribution in [-0.4, -0.2) is 40.0 Å². The van der Waals surface area contributed by atoms with Gasteiger partial charge < -0.3 is 14.2 Å². The second kappa shape index (κ2) is 6.66. The van der Waals surface area contributed by atoms with Crippen molar-refractivity contribution in [3.05, 3.63) is 52.6 Å². The zero-order valence-corrected chi connectivity index (χ0v) is 14.1. The van der Waals surface area contributed by atoms with Crippen molar-refractivity contribution in [1.29, 1.82) is 0 Å². The van der Waals surface area contributed by atoms with E-state index in [4.69, 9.17) is 9.26 Å². The third kappa shape index (κ3) is 3.29. The third-order valence-electron chi connectivity index (χ3n) is 3.82. The molecule has 0 N–H and O–H groups in total. The van der Waals surface area contributed by atoms with E-state index in [-0.39, 0.29) is 6.10 Å². The van der Waals surface area contributed by atoms with E-state index in [1.165, 1.54) is 5.56 Å². The van der Waals surface area contributed by atoms with Gasteiger partial charge in [0.2, 0.25) is 16.8 Å². The lowest BCUT2D eigenvalue weighted by Crippen LogP contribution is -2.38. The second-order valence-electron chi connectivity index (χ2n) is 5.62. The first-order chi connectivity index (χ1) is 11.8. The summed E-state index contributed by atoms with van der Waals surface area (Å²) in [5, 5.41) is 14.5. The van der Waals surface area contributed by atoms with Gasteiger partial charge in [0.25, 0.3) is 0 Å². The van der Waals surface area contributed by atoms with Gasteiger partial charge in [0, 0.05) is 19.9 Å². The molecule has 1 aliphatic rings. The largest absolute Gasteiger partial charge is 0.366 e. The van der Waals surface area contributed by atoms with Gasteiger partial charge in [-0.25, -0.2) is 0 Å². The molecular weight excluding hydrogens is 326 g/mol. The molecule has 7 nitrogen and oxygen atoms in total. The quantitative estimate of drug-likeness (QED) is 0.720. The lowest BCUT2D eigenvalue weighted by Gasteiger charge is -2.30. The molecule has 8 heteroatoms. The predicted molar refractivity (Wildman–Crippen MR) is 89.1 cm³/mol. The molecule has 0 saturated carbocycles. The Bertz CT molecular complexity index is 804. The van der Waals surface area contributed by atoms with Crippen LogP contribution in [-0.2, 0) is 11.2 Å². The number of hydrogen-bond acceptors (Lipinski definition) is 8. The van der Waals surface area contributed by atoms with Gasteiger partial charge in [-0.15, -0.1) is 10.2 Å². The first kappa shape index (κ1) is 15.2. The lowest BCUT2D eigenvalue weighted by molar-refractivity contribution is 0.0326. The van der Waals surface area contributed by atoms with Crippen molar-refractivity contribution < 1.29 is 9.26 Å². The van der Waals surface area contributed by atoms with Crippen LogP contribution in [0.15, 0.2) is 34.9 Å². The van der Waals surface area contributed by atoms with Crippen molar-refractivity contribution in [2.75, 3.05) is 24.6 Å². The third-order valence-corrected chi connectivity index (χ3v) is 4.81. The molecule has 0 aliphatic carbocycles. The molecular formula is C16H17N5O2S.